The predicted molar refractivity (Wildman–Crippen MR) is 112 cm³/mol. The van der Waals surface area contributed by atoms with Gasteiger partial charge in [-0.2, -0.15) is 4.31 Å². The first kappa shape index (κ1) is 20.4. The highest BCUT2D eigenvalue weighted by atomic mass is 32.2. The summed E-state index contributed by atoms with van der Waals surface area (Å²) in [6.45, 7) is 8.63. The molecule has 0 saturated heterocycles. The molecule has 0 aromatic heterocycles. The zero-order valence-electron chi connectivity index (χ0n) is 15.5. The number of thiocarbonyl (C=S) groups is 1. The molecule has 0 aliphatic heterocycles. The molecule has 2 rings (SSSR count). The molecule has 7 heteroatoms. The van der Waals surface area contributed by atoms with Crippen molar-refractivity contribution in [3.05, 3.63) is 53.6 Å². The SMILES string of the molecule is CCN(CC)S(=O)(=O)c1ccc(NC(=S)Nc2cccc(C)c2C)cc1. The van der Waals surface area contributed by atoms with Gasteiger partial charge in [-0.15, -0.1) is 0 Å². The monoisotopic (exact) mass is 391 g/mol. The number of aryl methyl sites for hydroxylation is 1. The maximum Gasteiger partial charge on any atom is 0.243 e. The van der Waals surface area contributed by atoms with Gasteiger partial charge in [-0.1, -0.05) is 26.0 Å². The Morgan fingerprint density at radius 3 is 2.19 bits per heavy atom. The van der Waals surface area contributed by atoms with Crippen molar-refractivity contribution in [2.75, 3.05) is 23.7 Å². The van der Waals surface area contributed by atoms with Crippen LogP contribution in [0.25, 0.3) is 0 Å². The van der Waals surface area contributed by atoms with Gasteiger partial charge in [0.1, 0.15) is 0 Å². The van der Waals surface area contributed by atoms with Crippen molar-refractivity contribution >= 4 is 38.7 Å². The van der Waals surface area contributed by atoms with Crippen molar-refractivity contribution in [1.82, 2.24) is 4.31 Å². The van der Waals surface area contributed by atoms with Crippen LogP contribution in [0.3, 0.4) is 0 Å². The lowest BCUT2D eigenvalue weighted by Crippen LogP contribution is -2.30. The van der Waals surface area contributed by atoms with E-state index in [2.05, 4.69) is 10.6 Å². The van der Waals surface area contributed by atoms with Crippen molar-refractivity contribution in [1.29, 1.82) is 0 Å². The number of anilines is 2. The summed E-state index contributed by atoms with van der Waals surface area (Å²) >= 11 is 5.36. The van der Waals surface area contributed by atoms with Crippen LogP contribution in [0.2, 0.25) is 0 Å². The Morgan fingerprint density at radius 2 is 1.62 bits per heavy atom. The first-order chi connectivity index (χ1) is 12.3. The maximum atomic E-state index is 12.5. The van der Waals surface area contributed by atoms with Crippen molar-refractivity contribution in [2.45, 2.75) is 32.6 Å². The minimum atomic E-state index is -3.45. The first-order valence-electron chi connectivity index (χ1n) is 8.54. The average molecular weight is 392 g/mol. The molecule has 0 atom stereocenters. The van der Waals surface area contributed by atoms with E-state index in [9.17, 15) is 8.42 Å². The van der Waals surface area contributed by atoms with Crippen molar-refractivity contribution in [3.63, 3.8) is 0 Å². The molecule has 2 N–H and O–H groups in total. The van der Waals surface area contributed by atoms with Gasteiger partial charge in [-0.25, -0.2) is 8.42 Å². The highest BCUT2D eigenvalue weighted by Crippen LogP contribution is 2.20. The normalized spacial score (nSPS) is 11.4. The van der Waals surface area contributed by atoms with E-state index in [1.165, 1.54) is 9.87 Å². The zero-order chi connectivity index (χ0) is 19.3. The van der Waals surface area contributed by atoms with Crippen LogP contribution in [-0.4, -0.2) is 30.9 Å². The molecule has 0 fully saturated rings. The van der Waals surface area contributed by atoms with E-state index in [-0.39, 0.29) is 4.90 Å². The zero-order valence-corrected chi connectivity index (χ0v) is 17.2. The molecule has 0 aliphatic rings. The van der Waals surface area contributed by atoms with E-state index in [1.807, 2.05) is 45.9 Å². The van der Waals surface area contributed by atoms with Gasteiger partial charge in [0.15, 0.2) is 5.11 Å². The van der Waals surface area contributed by atoms with Gasteiger partial charge in [-0.3, -0.25) is 0 Å². The summed E-state index contributed by atoms with van der Waals surface area (Å²) < 4.78 is 26.4. The second kappa shape index (κ2) is 8.62. The van der Waals surface area contributed by atoms with Crippen LogP contribution in [-0.2, 0) is 10.0 Å². The molecular formula is C19H25N3O2S2. The quantitative estimate of drug-likeness (QED) is 0.725. The molecule has 2 aromatic carbocycles. The topological polar surface area (TPSA) is 61.4 Å². The third-order valence-corrected chi connectivity index (χ3v) is 6.58. The third kappa shape index (κ3) is 4.60. The highest BCUT2D eigenvalue weighted by molar-refractivity contribution is 7.89. The lowest BCUT2D eigenvalue weighted by Gasteiger charge is -2.18. The van der Waals surface area contributed by atoms with Gasteiger partial charge in [-0.05, 0) is 67.5 Å². The molecule has 0 unspecified atom stereocenters. The summed E-state index contributed by atoms with van der Waals surface area (Å²) in [5, 5.41) is 6.72. The molecule has 140 valence electrons. The second-order valence-corrected chi connectivity index (χ2v) is 8.29. The molecule has 0 radical (unpaired) electrons. The summed E-state index contributed by atoms with van der Waals surface area (Å²) in [7, 11) is -3.45. The van der Waals surface area contributed by atoms with Crippen molar-refractivity contribution in [2.24, 2.45) is 0 Å². The Kier molecular flexibility index (Phi) is 6.75. The molecular weight excluding hydrogens is 366 g/mol. The second-order valence-electron chi connectivity index (χ2n) is 5.94. The predicted octanol–water partition coefficient (Wildman–Crippen LogP) is 4.14. The molecule has 0 spiro atoms. The number of hydrogen-bond acceptors (Lipinski definition) is 3. The Morgan fingerprint density at radius 1 is 1.00 bits per heavy atom. The molecule has 0 aliphatic carbocycles. The summed E-state index contributed by atoms with van der Waals surface area (Å²) in [5.74, 6) is 0. The molecule has 26 heavy (non-hydrogen) atoms. The van der Waals surface area contributed by atoms with E-state index < -0.39 is 10.0 Å². The van der Waals surface area contributed by atoms with Crippen molar-refractivity contribution in [3.8, 4) is 0 Å². The number of sulfonamides is 1. The van der Waals surface area contributed by atoms with Gasteiger partial charge in [0.2, 0.25) is 10.0 Å². The van der Waals surface area contributed by atoms with Crippen LogP contribution in [0.5, 0.6) is 0 Å². The number of hydrogen-bond donors (Lipinski definition) is 2. The molecule has 0 saturated carbocycles. The van der Waals surface area contributed by atoms with Crippen LogP contribution in [0.4, 0.5) is 11.4 Å². The summed E-state index contributed by atoms with van der Waals surface area (Å²) in [5.41, 5.74) is 4.00. The van der Waals surface area contributed by atoms with Gasteiger partial charge >= 0.3 is 0 Å². The molecule has 0 amide bonds. The Labute approximate surface area is 161 Å². The molecule has 0 bridgehead atoms. The van der Waals surface area contributed by atoms with Crippen LogP contribution in [0, 0.1) is 13.8 Å². The van der Waals surface area contributed by atoms with E-state index in [4.69, 9.17) is 12.2 Å². The fourth-order valence-electron chi connectivity index (χ4n) is 2.59. The lowest BCUT2D eigenvalue weighted by atomic mass is 10.1. The number of benzene rings is 2. The van der Waals surface area contributed by atoms with E-state index in [1.54, 1.807) is 24.3 Å². The fraction of sp³-hybridized carbons (Fsp3) is 0.316. The maximum absolute atomic E-state index is 12.5. The molecule has 0 heterocycles. The summed E-state index contributed by atoms with van der Waals surface area (Å²) in [6.07, 6.45) is 0. The number of nitrogens with zero attached hydrogens (tertiary/aromatic N) is 1. The number of nitrogens with one attached hydrogen (secondary N) is 2. The lowest BCUT2D eigenvalue weighted by molar-refractivity contribution is 0.445. The third-order valence-electron chi connectivity index (χ3n) is 4.31. The van der Waals surface area contributed by atoms with Crippen LogP contribution >= 0.6 is 12.2 Å². The average Bonchev–Trinajstić information content (AvgIpc) is 2.60. The largest absolute Gasteiger partial charge is 0.332 e. The molecule has 5 nitrogen and oxygen atoms in total. The number of rotatable bonds is 6. The van der Waals surface area contributed by atoms with Gasteiger partial charge in [0, 0.05) is 24.5 Å². The Bertz CT molecular complexity index is 874. The van der Waals surface area contributed by atoms with Gasteiger partial charge in [0.25, 0.3) is 0 Å². The van der Waals surface area contributed by atoms with E-state index in [0.717, 1.165) is 16.9 Å². The summed E-state index contributed by atoms with van der Waals surface area (Å²) in [6, 6.07) is 12.6. The minimum Gasteiger partial charge on any atom is -0.332 e. The molecule has 2 aromatic rings. The van der Waals surface area contributed by atoms with Crippen LogP contribution in [0.15, 0.2) is 47.4 Å². The van der Waals surface area contributed by atoms with E-state index in [0.29, 0.717) is 18.2 Å². The van der Waals surface area contributed by atoms with Crippen molar-refractivity contribution < 1.29 is 8.42 Å². The smallest absolute Gasteiger partial charge is 0.243 e. The highest BCUT2D eigenvalue weighted by Gasteiger charge is 2.21. The standard InChI is InChI=1S/C19H25N3O2S2/c1-5-22(6-2)26(23,24)17-12-10-16(11-13-17)20-19(25)21-18-9-7-8-14(3)15(18)4/h7-13H,5-6H2,1-4H3,(H2,20,21,25). The Hall–Kier alpha value is -1.96. The van der Waals surface area contributed by atoms with E-state index >= 15 is 0 Å². The van der Waals surface area contributed by atoms with Gasteiger partial charge < -0.3 is 10.6 Å². The Balaban J connectivity index is 2.09. The summed E-state index contributed by atoms with van der Waals surface area (Å²) in [4.78, 5) is 0.278. The fourth-order valence-corrected chi connectivity index (χ4v) is 4.28. The first-order valence-corrected chi connectivity index (χ1v) is 10.4. The van der Waals surface area contributed by atoms with Gasteiger partial charge in [0.05, 0.1) is 4.90 Å². The van der Waals surface area contributed by atoms with Crippen LogP contribution < -0.4 is 10.6 Å². The minimum absolute atomic E-state index is 0.278. The van der Waals surface area contributed by atoms with Crippen LogP contribution in [0.1, 0.15) is 25.0 Å².